The summed E-state index contributed by atoms with van der Waals surface area (Å²) in [6.45, 7) is 1.84. The van der Waals surface area contributed by atoms with E-state index in [1.165, 1.54) is 5.69 Å². The van der Waals surface area contributed by atoms with E-state index in [1.54, 1.807) is 28.4 Å². The summed E-state index contributed by atoms with van der Waals surface area (Å²) in [7, 11) is 6.43. The van der Waals surface area contributed by atoms with Crippen LogP contribution in [0.1, 0.15) is 24.8 Å². The predicted octanol–water partition coefficient (Wildman–Crippen LogP) is 3.44. The molecule has 1 N–H and O–H groups in total. The molecule has 1 aliphatic rings. The topological polar surface area (TPSA) is 69.3 Å². The Hall–Kier alpha value is -3.09. The lowest BCUT2D eigenvalue weighted by Crippen LogP contribution is -2.44. The van der Waals surface area contributed by atoms with Gasteiger partial charge in [0.15, 0.2) is 11.5 Å². The fraction of sp³-hybridized carbons (Fsp3) is 0.458. The first kappa shape index (κ1) is 22.6. The molecular weight excluding hydrogens is 396 g/mol. The van der Waals surface area contributed by atoms with Gasteiger partial charge in [-0.2, -0.15) is 0 Å². The molecule has 0 unspecified atom stereocenters. The highest BCUT2D eigenvalue weighted by Gasteiger charge is 2.21. The number of hydrogen-bond acceptors (Lipinski definition) is 6. The van der Waals surface area contributed by atoms with Crippen LogP contribution in [0, 0.1) is 0 Å². The van der Waals surface area contributed by atoms with Crippen LogP contribution in [0.4, 0.5) is 5.69 Å². The Labute approximate surface area is 184 Å². The second-order valence-electron chi connectivity index (χ2n) is 7.56. The molecule has 7 nitrogen and oxygen atoms in total. The standard InChI is InChI=1S/C24H32N2O5/c1-28-20-8-6-19(7-9-20)26-13-11-18(12-14-26)25-23(27)10-5-17-15-21(29-2)24(31-4)22(16-17)30-3/h6-9,15-16,18H,5,10-14H2,1-4H3,(H,25,27). The number of methoxy groups -OCH3 is 4. The van der Waals surface area contributed by atoms with Crippen molar-refractivity contribution in [1.29, 1.82) is 0 Å². The van der Waals surface area contributed by atoms with Crippen LogP contribution in [0.15, 0.2) is 36.4 Å². The maximum atomic E-state index is 12.5. The molecule has 2 aromatic carbocycles. The smallest absolute Gasteiger partial charge is 0.220 e. The molecule has 2 aromatic rings. The van der Waals surface area contributed by atoms with Gasteiger partial charge in [0.1, 0.15) is 5.75 Å². The van der Waals surface area contributed by atoms with Gasteiger partial charge in [-0.15, -0.1) is 0 Å². The molecule has 7 heteroatoms. The average molecular weight is 429 g/mol. The van der Waals surface area contributed by atoms with Crippen LogP contribution < -0.4 is 29.2 Å². The van der Waals surface area contributed by atoms with Crippen molar-refractivity contribution in [3.8, 4) is 23.0 Å². The van der Waals surface area contributed by atoms with E-state index in [2.05, 4.69) is 22.3 Å². The van der Waals surface area contributed by atoms with Gasteiger partial charge in [-0.1, -0.05) is 0 Å². The van der Waals surface area contributed by atoms with Gasteiger partial charge >= 0.3 is 0 Å². The summed E-state index contributed by atoms with van der Waals surface area (Å²) in [5, 5.41) is 3.19. The number of amides is 1. The van der Waals surface area contributed by atoms with Gasteiger partial charge in [0.05, 0.1) is 28.4 Å². The first-order valence-electron chi connectivity index (χ1n) is 10.5. The summed E-state index contributed by atoms with van der Waals surface area (Å²) in [5.41, 5.74) is 2.16. The Kier molecular flexibility index (Phi) is 7.87. The van der Waals surface area contributed by atoms with Crippen molar-refractivity contribution in [3.05, 3.63) is 42.0 Å². The van der Waals surface area contributed by atoms with Gasteiger partial charge in [0, 0.05) is 31.2 Å². The molecule has 0 atom stereocenters. The van der Waals surface area contributed by atoms with E-state index in [-0.39, 0.29) is 11.9 Å². The second kappa shape index (κ2) is 10.8. The molecule has 0 bridgehead atoms. The van der Waals surface area contributed by atoms with Crippen molar-refractivity contribution in [3.63, 3.8) is 0 Å². The zero-order valence-corrected chi connectivity index (χ0v) is 18.8. The fourth-order valence-corrected chi connectivity index (χ4v) is 3.91. The number of aryl methyl sites for hydroxylation is 1. The molecule has 168 valence electrons. The Bertz CT molecular complexity index is 836. The van der Waals surface area contributed by atoms with Gasteiger partial charge in [0.2, 0.25) is 11.7 Å². The number of anilines is 1. The number of carbonyl (C=O) groups excluding carboxylic acids is 1. The first-order chi connectivity index (χ1) is 15.1. The lowest BCUT2D eigenvalue weighted by Gasteiger charge is -2.34. The first-order valence-corrected chi connectivity index (χ1v) is 10.5. The molecule has 0 aromatic heterocycles. The Balaban J connectivity index is 1.48. The monoisotopic (exact) mass is 428 g/mol. The Morgan fingerprint density at radius 1 is 0.935 bits per heavy atom. The van der Waals surface area contributed by atoms with Crippen LogP contribution in [-0.4, -0.2) is 53.5 Å². The van der Waals surface area contributed by atoms with Crippen LogP contribution in [-0.2, 0) is 11.2 Å². The molecule has 1 fully saturated rings. The van der Waals surface area contributed by atoms with Gasteiger partial charge in [0.25, 0.3) is 0 Å². The molecule has 1 saturated heterocycles. The molecule has 1 heterocycles. The number of ether oxygens (including phenoxy) is 4. The number of piperidine rings is 1. The Morgan fingerprint density at radius 3 is 2.06 bits per heavy atom. The maximum Gasteiger partial charge on any atom is 0.220 e. The molecule has 0 spiro atoms. The van der Waals surface area contributed by atoms with E-state index < -0.39 is 0 Å². The largest absolute Gasteiger partial charge is 0.497 e. The van der Waals surface area contributed by atoms with Gasteiger partial charge in [-0.05, 0) is 61.2 Å². The van der Waals surface area contributed by atoms with Crippen LogP contribution in [0.5, 0.6) is 23.0 Å². The summed E-state index contributed by atoms with van der Waals surface area (Å²) in [6.07, 6.45) is 2.88. The summed E-state index contributed by atoms with van der Waals surface area (Å²) in [6, 6.07) is 12.1. The van der Waals surface area contributed by atoms with Gasteiger partial charge in [-0.3, -0.25) is 4.79 Å². The molecule has 0 aliphatic carbocycles. The van der Waals surface area contributed by atoms with Crippen molar-refractivity contribution in [2.45, 2.75) is 31.7 Å². The fourth-order valence-electron chi connectivity index (χ4n) is 3.91. The number of benzene rings is 2. The molecule has 31 heavy (non-hydrogen) atoms. The third-order valence-corrected chi connectivity index (χ3v) is 5.66. The quantitative estimate of drug-likeness (QED) is 0.660. The molecule has 3 rings (SSSR count). The van der Waals surface area contributed by atoms with Crippen molar-refractivity contribution >= 4 is 11.6 Å². The van der Waals surface area contributed by atoms with E-state index in [0.29, 0.717) is 30.1 Å². The van der Waals surface area contributed by atoms with Crippen molar-refractivity contribution in [2.24, 2.45) is 0 Å². The zero-order valence-electron chi connectivity index (χ0n) is 18.8. The van der Waals surface area contributed by atoms with Crippen LogP contribution in [0.2, 0.25) is 0 Å². The summed E-state index contributed by atoms with van der Waals surface area (Å²) in [4.78, 5) is 14.9. The van der Waals surface area contributed by atoms with E-state index in [0.717, 1.165) is 37.2 Å². The minimum atomic E-state index is 0.0663. The van der Waals surface area contributed by atoms with E-state index in [9.17, 15) is 4.79 Å². The van der Waals surface area contributed by atoms with E-state index in [4.69, 9.17) is 18.9 Å². The SMILES string of the molecule is COc1ccc(N2CCC(NC(=O)CCc3cc(OC)c(OC)c(OC)c3)CC2)cc1. The highest BCUT2D eigenvalue weighted by atomic mass is 16.5. The lowest BCUT2D eigenvalue weighted by molar-refractivity contribution is -0.121. The summed E-state index contributed by atoms with van der Waals surface area (Å²) < 4.78 is 21.4. The number of carbonyl (C=O) groups is 1. The molecular formula is C24H32N2O5. The van der Waals surface area contributed by atoms with Crippen molar-refractivity contribution < 1.29 is 23.7 Å². The third-order valence-electron chi connectivity index (χ3n) is 5.66. The number of nitrogens with zero attached hydrogens (tertiary/aromatic N) is 1. The molecule has 0 saturated carbocycles. The number of hydrogen-bond donors (Lipinski definition) is 1. The third kappa shape index (κ3) is 5.75. The molecule has 1 amide bonds. The number of rotatable bonds is 9. The summed E-state index contributed by atoms with van der Waals surface area (Å²) >= 11 is 0. The highest BCUT2D eigenvalue weighted by molar-refractivity contribution is 5.76. The van der Waals surface area contributed by atoms with Gasteiger partial charge in [-0.25, -0.2) is 0 Å². The minimum Gasteiger partial charge on any atom is -0.497 e. The van der Waals surface area contributed by atoms with E-state index >= 15 is 0 Å². The molecule has 0 radical (unpaired) electrons. The van der Waals surface area contributed by atoms with Crippen molar-refractivity contribution in [1.82, 2.24) is 5.32 Å². The maximum absolute atomic E-state index is 12.5. The zero-order chi connectivity index (χ0) is 22.2. The average Bonchev–Trinajstić information content (AvgIpc) is 2.82. The normalized spacial score (nSPS) is 14.1. The Morgan fingerprint density at radius 2 is 1.55 bits per heavy atom. The van der Waals surface area contributed by atoms with Crippen LogP contribution in [0.25, 0.3) is 0 Å². The minimum absolute atomic E-state index is 0.0663. The van der Waals surface area contributed by atoms with E-state index in [1.807, 2.05) is 24.3 Å². The lowest BCUT2D eigenvalue weighted by atomic mass is 10.0. The van der Waals surface area contributed by atoms with Gasteiger partial charge < -0.3 is 29.2 Å². The second-order valence-corrected chi connectivity index (χ2v) is 7.56. The summed E-state index contributed by atoms with van der Waals surface area (Å²) in [5.74, 6) is 2.68. The highest BCUT2D eigenvalue weighted by Crippen LogP contribution is 2.38. The van der Waals surface area contributed by atoms with Crippen LogP contribution >= 0.6 is 0 Å². The predicted molar refractivity (Wildman–Crippen MR) is 121 cm³/mol. The number of nitrogens with one attached hydrogen (secondary N) is 1. The van der Waals surface area contributed by atoms with Crippen molar-refractivity contribution in [2.75, 3.05) is 46.4 Å². The molecule has 1 aliphatic heterocycles. The van der Waals surface area contributed by atoms with Crippen LogP contribution in [0.3, 0.4) is 0 Å².